The van der Waals surface area contributed by atoms with Crippen LogP contribution in [0.5, 0.6) is 0 Å². The summed E-state index contributed by atoms with van der Waals surface area (Å²) in [5.74, 6) is 0. The zero-order valence-corrected chi connectivity index (χ0v) is 15.2. The molecule has 3 rings (SSSR count). The van der Waals surface area contributed by atoms with Gasteiger partial charge in [-0.25, -0.2) is 0 Å². The number of benzene rings is 1. The Labute approximate surface area is 145 Å². The van der Waals surface area contributed by atoms with Crippen molar-refractivity contribution in [2.75, 3.05) is 5.32 Å². The molecule has 0 amide bonds. The molecule has 0 saturated carbocycles. The van der Waals surface area contributed by atoms with Gasteiger partial charge in [0.25, 0.3) is 0 Å². The molecular formula is C16H13BrClNS2. The first kappa shape index (κ1) is 15.1. The Bertz CT molecular complexity index is 737. The normalized spacial score (nSPS) is 12.3. The largest absolute Gasteiger partial charge is 0.373 e. The lowest BCUT2D eigenvalue weighted by Gasteiger charge is -2.18. The summed E-state index contributed by atoms with van der Waals surface area (Å²) in [7, 11) is 0. The van der Waals surface area contributed by atoms with Gasteiger partial charge >= 0.3 is 0 Å². The van der Waals surface area contributed by atoms with Gasteiger partial charge in [0.2, 0.25) is 0 Å². The second-order valence-electron chi connectivity index (χ2n) is 4.70. The van der Waals surface area contributed by atoms with Crippen molar-refractivity contribution >= 4 is 55.9 Å². The highest BCUT2D eigenvalue weighted by atomic mass is 79.9. The molecule has 0 aliphatic carbocycles. The summed E-state index contributed by atoms with van der Waals surface area (Å²) >= 11 is 13.1. The predicted molar refractivity (Wildman–Crippen MR) is 98.0 cm³/mol. The summed E-state index contributed by atoms with van der Waals surface area (Å²) in [5, 5.41) is 5.71. The van der Waals surface area contributed by atoms with E-state index in [1.54, 1.807) is 22.7 Å². The van der Waals surface area contributed by atoms with Gasteiger partial charge in [-0.05, 0) is 48.2 Å². The number of rotatable bonds is 4. The van der Waals surface area contributed by atoms with E-state index in [0.29, 0.717) is 0 Å². The molecule has 0 bridgehead atoms. The minimum absolute atomic E-state index is 0.136. The highest BCUT2D eigenvalue weighted by molar-refractivity contribution is 9.10. The number of aryl methyl sites for hydroxylation is 1. The van der Waals surface area contributed by atoms with Crippen molar-refractivity contribution in [1.29, 1.82) is 0 Å². The van der Waals surface area contributed by atoms with Crippen LogP contribution >= 0.6 is 50.2 Å². The molecule has 1 atom stereocenters. The van der Waals surface area contributed by atoms with E-state index in [1.807, 2.05) is 6.07 Å². The van der Waals surface area contributed by atoms with Gasteiger partial charge in [-0.1, -0.05) is 39.7 Å². The Morgan fingerprint density at radius 2 is 2.00 bits per heavy atom. The molecule has 2 aromatic heterocycles. The predicted octanol–water partition coefficient (Wildman–Crippen LogP) is 6.74. The quantitative estimate of drug-likeness (QED) is 0.513. The molecule has 1 aromatic carbocycles. The molecule has 0 aliphatic rings. The molecule has 1 N–H and O–H groups in total. The first-order chi connectivity index (χ1) is 10.1. The number of nitrogens with one attached hydrogen (secondary N) is 1. The third kappa shape index (κ3) is 3.51. The van der Waals surface area contributed by atoms with Crippen LogP contribution in [-0.4, -0.2) is 0 Å². The van der Waals surface area contributed by atoms with Gasteiger partial charge in [0.1, 0.15) is 0 Å². The molecule has 0 saturated heterocycles. The Morgan fingerprint density at radius 1 is 1.14 bits per heavy atom. The van der Waals surface area contributed by atoms with Gasteiger partial charge in [0.15, 0.2) is 0 Å². The van der Waals surface area contributed by atoms with Crippen LogP contribution in [0.15, 0.2) is 52.3 Å². The Hall–Kier alpha value is -0.810. The van der Waals surface area contributed by atoms with E-state index in [-0.39, 0.29) is 6.04 Å². The van der Waals surface area contributed by atoms with Gasteiger partial charge in [-0.3, -0.25) is 0 Å². The Kier molecular flexibility index (Phi) is 4.69. The molecule has 2 heterocycles. The summed E-state index contributed by atoms with van der Waals surface area (Å²) in [6.07, 6.45) is 0. The lowest BCUT2D eigenvalue weighted by Crippen LogP contribution is -2.09. The SMILES string of the molecule is Cc1ccc(NC(c2cccs2)c2ccc(Cl)s2)cc1Br. The van der Waals surface area contributed by atoms with Crippen LogP contribution in [0.25, 0.3) is 0 Å². The summed E-state index contributed by atoms with van der Waals surface area (Å²) < 4.78 is 1.93. The third-order valence-corrected chi connectivity index (χ3v) is 6.28. The molecule has 0 radical (unpaired) electrons. The highest BCUT2D eigenvalue weighted by Crippen LogP contribution is 2.36. The molecule has 0 spiro atoms. The van der Waals surface area contributed by atoms with E-state index >= 15 is 0 Å². The minimum atomic E-state index is 0.136. The number of thiophene rings is 2. The maximum atomic E-state index is 6.10. The standard InChI is InChI=1S/C16H13BrClNS2/c1-10-4-5-11(9-12(10)17)19-16(13-3-2-8-20-13)14-6-7-15(18)21-14/h2-9,16,19H,1H3. The van der Waals surface area contributed by atoms with Crippen LogP contribution in [0.2, 0.25) is 4.34 Å². The molecule has 3 aromatic rings. The van der Waals surface area contributed by atoms with Crippen molar-refractivity contribution in [3.63, 3.8) is 0 Å². The van der Waals surface area contributed by atoms with E-state index in [9.17, 15) is 0 Å². The second kappa shape index (κ2) is 6.53. The van der Waals surface area contributed by atoms with Crippen LogP contribution < -0.4 is 5.32 Å². The first-order valence-corrected chi connectivity index (χ1v) is 9.31. The third-order valence-electron chi connectivity index (χ3n) is 3.19. The van der Waals surface area contributed by atoms with Crippen molar-refractivity contribution in [3.8, 4) is 0 Å². The van der Waals surface area contributed by atoms with Gasteiger partial charge < -0.3 is 5.32 Å². The molecule has 0 aliphatic heterocycles. The summed E-state index contributed by atoms with van der Waals surface area (Å²) in [4.78, 5) is 2.50. The van der Waals surface area contributed by atoms with Crippen molar-refractivity contribution in [1.82, 2.24) is 0 Å². The van der Waals surface area contributed by atoms with E-state index in [1.165, 1.54) is 15.3 Å². The fourth-order valence-electron chi connectivity index (χ4n) is 2.07. The van der Waals surface area contributed by atoms with Crippen LogP contribution in [0, 0.1) is 6.92 Å². The smallest absolute Gasteiger partial charge is 0.0954 e. The minimum Gasteiger partial charge on any atom is -0.373 e. The van der Waals surface area contributed by atoms with E-state index < -0.39 is 0 Å². The second-order valence-corrected chi connectivity index (χ2v) is 8.28. The van der Waals surface area contributed by atoms with Crippen molar-refractivity contribution in [2.24, 2.45) is 0 Å². The maximum absolute atomic E-state index is 6.10. The molecule has 21 heavy (non-hydrogen) atoms. The lowest BCUT2D eigenvalue weighted by molar-refractivity contribution is 0.992. The summed E-state index contributed by atoms with van der Waals surface area (Å²) in [6, 6.07) is 14.7. The maximum Gasteiger partial charge on any atom is 0.0954 e. The molecule has 0 fully saturated rings. The van der Waals surface area contributed by atoms with Crippen molar-refractivity contribution in [2.45, 2.75) is 13.0 Å². The molecule has 108 valence electrons. The number of halogens is 2. The van der Waals surface area contributed by atoms with Crippen LogP contribution in [0.3, 0.4) is 0 Å². The number of hydrogen-bond donors (Lipinski definition) is 1. The van der Waals surface area contributed by atoms with E-state index in [0.717, 1.165) is 14.5 Å². The van der Waals surface area contributed by atoms with E-state index in [4.69, 9.17) is 11.6 Å². The van der Waals surface area contributed by atoms with Crippen molar-refractivity contribution in [3.05, 3.63) is 72.0 Å². The van der Waals surface area contributed by atoms with Crippen LogP contribution in [-0.2, 0) is 0 Å². The zero-order valence-electron chi connectivity index (χ0n) is 11.3. The first-order valence-electron chi connectivity index (χ1n) is 6.45. The molecule has 5 heteroatoms. The number of anilines is 1. The Balaban J connectivity index is 1.94. The van der Waals surface area contributed by atoms with Gasteiger partial charge in [0.05, 0.1) is 10.4 Å². The summed E-state index contributed by atoms with van der Waals surface area (Å²) in [5.41, 5.74) is 2.32. The van der Waals surface area contributed by atoms with Crippen LogP contribution in [0.4, 0.5) is 5.69 Å². The monoisotopic (exact) mass is 397 g/mol. The summed E-state index contributed by atoms with van der Waals surface area (Å²) in [6.45, 7) is 2.09. The molecular weight excluding hydrogens is 386 g/mol. The van der Waals surface area contributed by atoms with Gasteiger partial charge in [-0.15, -0.1) is 22.7 Å². The van der Waals surface area contributed by atoms with Crippen molar-refractivity contribution < 1.29 is 0 Å². The topological polar surface area (TPSA) is 12.0 Å². The Morgan fingerprint density at radius 3 is 2.62 bits per heavy atom. The average Bonchev–Trinajstić information content (AvgIpc) is 3.11. The average molecular weight is 399 g/mol. The van der Waals surface area contributed by atoms with Crippen LogP contribution in [0.1, 0.15) is 21.4 Å². The fourth-order valence-corrected chi connectivity index (χ4v) is 4.45. The lowest BCUT2D eigenvalue weighted by atomic mass is 10.1. The fraction of sp³-hybridized carbons (Fsp3) is 0.125. The van der Waals surface area contributed by atoms with Gasteiger partial charge in [-0.2, -0.15) is 0 Å². The highest BCUT2D eigenvalue weighted by Gasteiger charge is 2.17. The molecule has 1 unspecified atom stereocenters. The molecule has 1 nitrogen and oxygen atoms in total. The van der Waals surface area contributed by atoms with E-state index in [2.05, 4.69) is 69.9 Å². The number of hydrogen-bond acceptors (Lipinski definition) is 3. The van der Waals surface area contributed by atoms with Gasteiger partial charge in [0, 0.05) is 19.9 Å². The zero-order chi connectivity index (χ0) is 14.8.